The molecule has 0 fully saturated rings. The highest BCUT2D eigenvalue weighted by atomic mass is 127. The molecule has 2 aromatic rings. The molecule has 19 heavy (non-hydrogen) atoms. The van der Waals surface area contributed by atoms with Crippen molar-refractivity contribution in [1.82, 2.24) is 4.98 Å². The first-order valence-electron chi connectivity index (χ1n) is 5.85. The standard InChI is InChI=1S/C14H13IN2OS/c1-2-19-13-8-7-12(9-16-13)17-14(18)10-3-5-11(15)6-4-10/h3-9H,2H2,1H3,(H,17,18). The summed E-state index contributed by atoms with van der Waals surface area (Å²) in [6.07, 6.45) is 1.68. The summed E-state index contributed by atoms with van der Waals surface area (Å²) in [6, 6.07) is 11.2. The molecular weight excluding hydrogens is 371 g/mol. The normalized spacial score (nSPS) is 10.2. The average Bonchev–Trinajstić information content (AvgIpc) is 2.42. The summed E-state index contributed by atoms with van der Waals surface area (Å²) in [7, 11) is 0. The maximum Gasteiger partial charge on any atom is 0.255 e. The summed E-state index contributed by atoms with van der Waals surface area (Å²) in [6.45, 7) is 2.08. The molecule has 1 aromatic carbocycles. The Morgan fingerprint density at radius 1 is 1.26 bits per heavy atom. The van der Waals surface area contributed by atoms with Crippen LogP contribution in [0, 0.1) is 3.57 Å². The summed E-state index contributed by atoms with van der Waals surface area (Å²) in [5.41, 5.74) is 1.36. The zero-order chi connectivity index (χ0) is 13.7. The second kappa shape index (κ2) is 6.91. The van der Waals surface area contributed by atoms with Gasteiger partial charge in [0.25, 0.3) is 5.91 Å². The van der Waals surface area contributed by atoms with E-state index < -0.39 is 0 Å². The number of pyridine rings is 1. The van der Waals surface area contributed by atoms with E-state index in [0.717, 1.165) is 14.3 Å². The van der Waals surface area contributed by atoms with Gasteiger partial charge >= 0.3 is 0 Å². The SMILES string of the molecule is CCSc1ccc(NC(=O)c2ccc(I)cc2)cn1. The fourth-order valence-electron chi connectivity index (χ4n) is 1.49. The molecule has 0 saturated heterocycles. The lowest BCUT2D eigenvalue weighted by Crippen LogP contribution is -2.11. The Morgan fingerprint density at radius 2 is 2.00 bits per heavy atom. The van der Waals surface area contributed by atoms with Gasteiger partial charge in [-0.15, -0.1) is 11.8 Å². The fourth-order valence-corrected chi connectivity index (χ4v) is 2.44. The van der Waals surface area contributed by atoms with E-state index in [0.29, 0.717) is 11.3 Å². The molecule has 0 spiro atoms. The summed E-state index contributed by atoms with van der Waals surface area (Å²) in [5.74, 6) is 0.871. The van der Waals surface area contributed by atoms with E-state index in [9.17, 15) is 4.79 Å². The number of carbonyl (C=O) groups is 1. The third-order valence-corrected chi connectivity index (χ3v) is 3.94. The van der Waals surface area contributed by atoms with Gasteiger partial charge in [-0.2, -0.15) is 0 Å². The van der Waals surface area contributed by atoms with Crippen molar-refractivity contribution < 1.29 is 4.79 Å². The van der Waals surface area contributed by atoms with E-state index in [4.69, 9.17) is 0 Å². The highest BCUT2D eigenvalue weighted by Crippen LogP contribution is 2.17. The molecule has 1 amide bonds. The van der Waals surface area contributed by atoms with Crippen LogP contribution in [0.1, 0.15) is 17.3 Å². The van der Waals surface area contributed by atoms with Crippen LogP contribution in [0.2, 0.25) is 0 Å². The van der Waals surface area contributed by atoms with Crippen molar-refractivity contribution in [3.63, 3.8) is 0 Å². The van der Waals surface area contributed by atoms with Crippen molar-refractivity contribution in [3.05, 3.63) is 51.7 Å². The number of aromatic nitrogens is 1. The monoisotopic (exact) mass is 384 g/mol. The Kier molecular flexibility index (Phi) is 5.21. The fraction of sp³-hybridized carbons (Fsp3) is 0.143. The average molecular weight is 384 g/mol. The van der Waals surface area contributed by atoms with Gasteiger partial charge in [0.2, 0.25) is 0 Å². The zero-order valence-corrected chi connectivity index (χ0v) is 13.4. The molecule has 5 heteroatoms. The first-order valence-corrected chi connectivity index (χ1v) is 7.91. The van der Waals surface area contributed by atoms with E-state index >= 15 is 0 Å². The number of nitrogens with one attached hydrogen (secondary N) is 1. The minimum atomic E-state index is -0.117. The number of halogens is 1. The maximum absolute atomic E-state index is 12.0. The third-order valence-electron chi connectivity index (χ3n) is 2.39. The minimum Gasteiger partial charge on any atom is -0.321 e. The molecule has 3 nitrogen and oxygen atoms in total. The number of thioether (sulfide) groups is 1. The molecule has 1 N–H and O–H groups in total. The first kappa shape index (κ1) is 14.3. The van der Waals surface area contributed by atoms with Gasteiger partial charge in [-0.25, -0.2) is 4.98 Å². The Morgan fingerprint density at radius 3 is 2.58 bits per heavy atom. The van der Waals surface area contributed by atoms with Crippen molar-refractivity contribution in [2.75, 3.05) is 11.1 Å². The number of hydrogen-bond acceptors (Lipinski definition) is 3. The summed E-state index contributed by atoms with van der Waals surface area (Å²) >= 11 is 3.89. The number of anilines is 1. The molecule has 2 rings (SSSR count). The molecule has 0 aliphatic carbocycles. The molecule has 1 heterocycles. The molecule has 0 saturated carbocycles. The lowest BCUT2D eigenvalue weighted by atomic mass is 10.2. The second-order valence-corrected chi connectivity index (χ2v) is 6.31. The van der Waals surface area contributed by atoms with Crippen LogP contribution in [-0.4, -0.2) is 16.6 Å². The molecule has 1 aromatic heterocycles. The number of carbonyl (C=O) groups excluding carboxylic acids is 1. The molecule has 0 unspecified atom stereocenters. The van der Waals surface area contributed by atoms with Crippen LogP contribution in [0.3, 0.4) is 0 Å². The zero-order valence-electron chi connectivity index (χ0n) is 10.4. The summed E-state index contributed by atoms with van der Waals surface area (Å²) < 4.78 is 1.11. The molecule has 0 atom stereocenters. The minimum absolute atomic E-state index is 0.117. The second-order valence-electron chi connectivity index (χ2n) is 3.78. The van der Waals surface area contributed by atoms with Gasteiger partial charge in [-0.3, -0.25) is 4.79 Å². The molecule has 0 bridgehead atoms. The van der Waals surface area contributed by atoms with Crippen molar-refractivity contribution in [3.8, 4) is 0 Å². The Bertz CT molecular complexity index is 555. The van der Waals surface area contributed by atoms with E-state index in [1.54, 1.807) is 18.0 Å². The number of rotatable bonds is 4. The maximum atomic E-state index is 12.0. The van der Waals surface area contributed by atoms with Crippen LogP contribution in [0.25, 0.3) is 0 Å². The van der Waals surface area contributed by atoms with Crippen molar-refractivity contribution >= 4 is 45.9 Å². The van der Waals surface area contributed by atoms with Gasteiger partial charge in [0.05, 0.1) is 16.9 Å². The lowest BCUT2D eigenvalue weighted by molar-refractivity contribution is 0.102. The summed E-state index contributed by atoms with van der Waals surface area (Å²) in [5, 5.41) is 3.80. The van der Waals surface area contributed by atoms with Gasteiger partial charge < -0.3 is 5.32 Å². The highest BCUT2D eigenvalue weighted by molar-refractivity contribution is 14.1. The van der Waals surface area contributed by atoms with E-state index in [2.05, 4.69) is 39.8 Å². The predicted molar refractivity (Wildman–Crippen MR) is 87.7 cm³/mol. The Labute approximate surface area is 130 Å². The van der Waals surface area contributed by atoms with Gasteiger partial charge in [0.15, 0.2) is 0 Å². The van der Waals surface area contributed by atoms with Crippen molar-refractivity contribution in [1.29, 1.82) is 0 Å². The number of nitrogens with zero attached hydrogens (tertiary/aromatic N) is 1. The smallest absolute Gasteiger partial charge is 0.255 e. The van der Waals surface area contributed by atoms with Crippen LogP contribution < -0.4 is 5.32 Å². The number of hydrogen-bond donors (Lipinski definition) is 1. The largest absolute Gasteiger partial charge is 0.321 e. The van der Waals surface area contributed by atoms with Crippen molar-refractivity contribution in [2.45, 2.75) is 11.9 Å². The molecular formula is C14H13IN2OS. The van der Waals surface area contributed by atoms with Gasteiger partial charge in [0.1, 0.15) is 0 Å². The molecule has 98 valence electrons. The van der Waals surface area contributed by atoms with Crippen LogP contribution in [0.4, 0.5) is 5.69 Å². The van der Waals surface area contributed by atoms with Crippen LogP contribution >= 0.6 is 34.4 Å². The van der Waals surface area contributed by atoms with Crippen LogP contribution in [0.5, 0.6) is 0 Å². The van der Waals surface area contributed by atoms with Gasteiger partial charge in [-0.1, -0.05) is 6.92 Å². The van der Waals surface area contributed by atoms with Crippen LogP contribution in [0.15, 0.2) is 47.6 Å². The third kappa shape index (κ3) is 4.21. The summed E-state index contributed by atoms with van der Waals surface area (Å²) in [4.78, 5) is 16.3. The number of benzene rings is 1. The Balaban J connectivity index is 2.04. The predicted octanol–water partition coefficient (Wildman–Crippen LogP) is 4.05. The Hall–Kier alpha value is -1.08. The number of amides is 1. The van der Waals surface area contributed by atoms with Crippen LogP contribution in [-0.2, 0) is 0 Å². The van der Waals surface area contributed by atoms with Gasteiger partial charge in [-0.05, 0) is 64.7 Å². The molecule has 0 aliphatic rings. The lowest BCUT2D eigenvalue weighted by Gasteiger charge is -2.05. The topological polar surface area (TPSA) is 42.0 Å². The highest BCUT2D eigenvalue weighted by Gasteiger charge is 2.06. The first-order chi connectivity index (χ1) is 9.19. The van der Waals surface area contributed by atoms with E-state index in [1.165, 1.54) is 0 Å². The van der Waals surface area contributed by atoms with E-state index in [-0.39, 0.29) is 5.91 Å². The van der Waals surface area contributed by atoms with Gasteiger partial charge in [0, 0.05) is 9.13 Å². The van der Waals surface area contributed by atoms with E-state index in [1.807, 2.05) is 36.4 Å². The molecule has 0 radical (unpaired) electrons. The van der Waals surface area contributed by atoms with Crippen molar-refractivity contribution in [2.24, 2.45) is 0 Å². The quantitative estimate of drug-likeness (QED) is 0.639. The molecule has 0 aliphatic heterocycles.